The summed E-state index contributed by atoms with van der Waals surface area (Å²) in [5.74, 6) is -1.05. The van der Waals surface area contributed by atoms with Gasteiger partial charge in [-0.25, -0.2) is 4.79 Å². The van der Waals surface area contributed by atoms with Gasteiger partial charge in [0.05, 0.1) is 11.1 Å². The van der Waals surface area contributed by atoms with Crippen LogP contribution >= 0.6 is 23.2 Å². The average molecular weight is 324 g/mol. The molecule has 0 saturated heterocycles. The molecule has 0 saturated carbocycles. The monoisotopic (exact) mass is 323 g/mol. The molecule has 2 aliphatic carbocycles. The van der Waals surface area contributed by atoms with Gasteiger partial charge >= 0.3 is 5.97 Å². The van der Waals surface area contributed by atoms with Crippen molar-refractivity contribution in [1.82, 2.24) is 5.48 Å². The fraction of sp³-hybridized carbons (Fsp3) is 0.133. The molecule has 4 nitrogen and oxygen atoms in total. The van der Waals surface area contributed by atoms with Crippen LogP contribution in [0.3, 0.4) is 0 Å². The second-order valence-corrected chi connectivity index (χ2v) is 5.59. The number of rotatable bonds is 4. The summed E-state index contributed by atoms with van der Waals surface area (Å²) in [6, 6.07) is 5.55. The Kier molecular flexibility index (Phi) is 3.76. The molecule has 0 aromatic heterocycles. The van der Waals surface area contributed by atoms with Crippen molar-refractivity contribution < 1.29 is 14.7 Å². The van der Waals surface area contributed by atoms with Crippen molar-refractivity contribution in [3.05, 3.63) is 57.5 Å². The third kappa shape index (κ3) is 2.70. The third-order valence-corrected chi connectivity index (χ3v) is 3.75. The minimum atomic E-state index is -1.05. The summed E-state index contributed by atoms with van der Waals surface area (Å²) in [6.45, 7) is -0.442. The van der Waals surface area contributed by atoms with Crippen LogP contribution < -0.4 is 15.9 Å². The largest absolute Gasteiger partial charge is 0.479 e. The van der Waals surface area contributed by atoms with Gasteiger partial charge in [0, 0.05) is 15.8 Å². The van der Waals surface area contributed by atoms with Gasteiger partial charge in [0.1, 0.15) is 0 Å². The lowest BCUT2D eigenvalue weighted by atomic mass is 10.00. The van der Waals surface area contributed by atoms with Crippen molar-refractivity contribution >= 4 is 40.4 Å². The molecule has 0 bridgehead atoms. The first-order chi connectivity index (χ1) is 10.1. The molecule has 21 heavy (non-hydrogen) atoms. The molecule has 0 radical (unpaired) electrons. The van der Waals surface area contributed by atoms with Crippen LogP contribution in [0.25, 0.3) is 11.3 Å². The maximum absolute atomic E-state index is 10.6. The van der Waals surface area contributed by atoms with Crippen LogP contribution in [0.4, 0.5) is 0 Å². The second-order valence-electron chi connectivity index (χ2n) is 4.65. The standard InChI is InChI=1S/C15H11Cl2NO3/c16-8-1-3-10-11-4-2-9(17)6-13(11)15(12(10)5-8)18-21-7-14(19)20/h1-6,8,18H,7H2,(H,19,20). The Morgan fingerprint density at radius 3 is 2.95 bits per heavy atom. The van der Waals surface area contributed by atoms with Gasteiger partial charge in [0.2, 0.25) is 0 Å². The molecule has 108 valence electrons. The summed E-state index contributed by atoms with van der Waals surface area (Å²) in [5, 5.41) is 10.9. The first-order valence-corrected chi connectivity index (χ1v) is 7.06. The number of hydrogen-bond acceptors (Lipinski definition) is 3. The van der Waals surface area contributed by atoms with E-state index in [4.69, 9.17) is 33.1 Å². The summed E-state index contributed by atoms with van der Waals surface area (Å²) in [5.41, 5.74) is 5.29. The Morgan fingerprint density at radius 1 is 1.38 bits per heavy atom. The van der Waals surface area contributed by atoms with E-state index in [2.05, 4.69) is 5.48 Å². The van der Waals surface area contributed by atoms with Crippen LogP contribution in [0.5, 0.6) is 0 Å². The van der Waals surface area contributed by atoms with Crippen molar-refractivity contribution in [3.63, 3.8) is 0 Å². The predicted molar refractivity (Wildman–Crippen MR) is 81.1 cm³/mol. The maximum atomic E-state index is 10.6. The molecule has 2 N–H and O–H groups in total. The second kappa shape index (κ2) is 5.56. The Labute approximate surface area is 130 Å². The van der Waals surface area contributed by atoms with E-state index in [0.717, 1.165) is 21.6 Å². The number of allylic oxidation sites excluding steroid dienone is 3. The van der Waals surface area contributed by atoms with Gasteiger partial charge in [0.25, 0.3) is 0 Å². The summed E-state index contributed by atoms with van der Waals surface area (Å²) in [6.07, 6.45) is 5.72. The number of hydroxylamine groups is 1. The molecule has 0 fully saturated rings. The number of carboxylic acids is 1. The van der Waals surface area contributed by atoms with Crippen LogP contribution in [-0.4, -0.2) is 23.1 Å². The van der Waals surface area contributed by atoms with Gasteiger partial charge in [0.15, 0.2) is 6.61 Å². The minimum Gasteiger partial charge on any atom is -0.479 e. The Bertz CT molecular complexity index is 796. The predicted octanol–water partition coefficient (Wildman–Crippen LogP) is 1.32. The summed E-state index contributed by atoms with van der Waals surface area (Å²) in [7, 11) is 0. The molecule has 2 aliphatic rings. The number of aliphatic carboxylic acids is 1. The van der Waals surface area contributed by atoms with Gasteiger partial charge in [-0.15, -0.1) is 11.6 Å². The zero-order valence-corrected chi connectivity index (χ0v) is 12.3. The molecular formula is C15H11Cl2NO3. The van der Waals surface area contributed by atoms with E-state index in [9.17, 15) is 4.79 Å². The fourth-order valence-corrected chi connectivity index (χ4v) is 2.79. The van der Waals surface area contributed by atoms with Crippen molar-refractivity contribution in [3.8, 4) is 0 Å². The molecule has 0 amide bonds. The molecule has 0 spiro atoms. The van der Waals surface area contributed by atoms with E-state index in [1.165, 1.54) is 0 Å². The SMILES string of the molecule is O=C(O)CONC1=c2cc(Cl)ccc2=C2C=CC(Cl)C=C21. The third-order valence-electron chi connectivity index (χ3n) is 3.24. The van der Waals surface area contributed by atoms with Gasteiger partial charge in [-0.05, 0) is 22.9 Å². The van der Waals surface area contributed by atoms with Crippen LogP contribution in [0.1, 0.15) is 0 Å². The molecule has 1 unspecified atom stereocenters. The van der Waals surface area contributed by atoms with Gasteiger partial charge < -0.3 is 5.11 Å². The van der Waals surface area contributed by atoms with Gasteiger partial charge in [-0.2, -0.15) is 0 Å². The van der Waals surface area contributed by atoms with E-state index >= 15 is 0 Å². The van der Waals surface area contributed by atoms with E-state index in [1.807, 2.05) is 36.4 Å². The molecule has 0 heterocycles. The Hall–Kier alpha value is -1.75. The molecule has 6 heteroatoms. The number of fused-ring (bicyclic) bond motifs is 2. The highest BCUT2D eigenvalue weighted by molar-refractivity contribution is 6.30. The van der Waals surface area contributed by atoms with Crippen molar-refractivity contribution in [2.75, 3.05) is 6.61 Å². The molecule has 1 aromatic rings. The average Bonchev–Trinajstić information content (AvgIpc) is 2.71. The summed E-state index contributed by atoms with van der Waals surface area (Å²) >= 11 is 12.2. The normalized spacial score (nSPS) is 19.1. The molecule has 0 aliphatic heterocycles. The number of nitrogens with one attached hydrogen (secondary N) is 1. The molecular weight excluding hydrogens is 313 g/mol. The quantitative estimate of drug-likeness (QED) is 0.648. The highest BCUT2D eigenvalue weighted by atomic mass is 35.5. The zero-order valence-electron chi connectivity index (χ0n) is 10.8. The van der Waals surface area contributed by atoms with Gasteiger partial charge in [-0.1, -0.05) is 35.9 Å². The van der Waals surface area contributed by atoms with Crippen molar-refractivity contribution in [2.45, 2.75) is 5.38 Å². The lowest BCUT2D eigenvalue weighted by Gasteiger charge is -2.15. The topological polar surface area (TPSA) is 58.6 Å². The van der Waals surface area contributed by atoms with E-state index < -0.39 is 12.6 Å². The Morgan fingerprint density at radius 2 is 2.19 bits per heavy atom. The fourth-order valence-electron chi connectivity index (χ4n) is 2.42. The number of benzene rings is 1. The van der Waals surface area contributed by atoms with E-state index in [-0.39, 0.29) is 5.38 Å². The molecule has 1 aromatic carbocycles. The summed E-state index contributed by atoms with van der Waals surface area (Å²) in [4.78, 5) is 15.6. The van der Waals surface area contributed by atoms with Crippen LogP contribution in [0.15, 0.2) is 42.0 Å². The first kappa shape index (κ1) is 14.2. The first-order valence-electron chi connectivity index (χ1n) is 6.25. The number of hydrogen-bond donors (Lipinski definition) is 2. The number of halogens is 2. The Balaban J connectivity index is 2.10. The van der Waals surface area contributed by atoms with Crippen LogP contribution in [0.2, 0.25) is 5.02 Å². The highest BCUT2D eigenvalue weighted by Gasteiger charge is 2.22. The number of carboxylic acid groups (broad SMARTS) is 1. The minimum absolute atomic E-state index is 0.218. The van der Waals surface area contributed by atoms with Crippen LogP contribution in [0, 0.1) is 0 Å². The van der Waals surface area contributed by atoms with E-state index in [1.54, 1.807) is 0 Å². The maximum Gasteiger partial charge on any atom is 0.332 e. The lowest BCUT2D eigenvalue weighted by Crippen LogP contribution is -2.29. The zero-order chi connectivity index (χ0) is 15.0. The van der Waals surface area contributed by atoms with Gasteiger partial charge in [-0.3, -0.25) is 10.3 Å². The highest BCUT2D eigenvalue weighted by Crippen LogP contribution is 2.28. The lowest BCUT2D eigenvalue weighted by molar-refractivity contribution is -0.143. The van der Waals surface area contributed by atoms with E-state index in [0.29, 0.717) is 10.7 Å². The molecule has 3 rings (SSSR count). The van der Waals surface area contributed by atoms with Crippen molar-refractivity contribution in [2.24, 2.45) is 0 Å². The smallest absolute Gasteiger partial charge is 0.332 e. The number of alkyl halides is 1. The summed E-state index contributed by atoms with van der Waals surface area (Å²) < 4.78 is 0. The van der Waals surface area contributed by atoms with Crippen molar-refractivity contribution in [1.29, 1.82) is 0 Å². The number of carbonyl (C=O) groups is 1. The van der Waals surface area contributed by atoms with Crippen LogP contribution in [-0.2, 0) is 9.63 Å². The molecule has 1 atom stereocenters.